The van der Waals surface area contributed by atoms with Crippen molar-refractivity contribution in [3.8, 4) is 11.4 Å². The molecule has 1 N–H and O–H groups in total. The summed E-state index contributed by atoms with van der Waals surface area (Å²) in [6, 6.07) is 14.1. The number of amides is 1. The van der Waals surface area contributed by atoms with Gasteiger partial charge in [0.05, 0.1) is 5.75 Å². The molecule has 0 bridgehead atoms. The van der Waals surface area contributed by atoms with Crippen LogP contribution in [0.1, 0.15) is 16.7 Å². The maximum atomic E-state index is 12.3. The van der Waals surface area contributed by atoms with Gasteiger partial charge in [-0.25, -0.2) is 0 Å². The topological polar surface area (TPSA) is 59.8 Å². The van der Waals surface area contributed by atoms with E-state index in [1.165, 1.54) is 17.3 Å². The summed E-state index contributed by atoms with van der Waals surface area (Å²) in [7, 11) is 1.92. The molecule has 3 rings (SSSR count). The van der Waals surface area contributed by atoms with Gasteiger partial charge in [-0.1, -0.05) is 59.8 Å². The van der Waals surface area contributed by atoms with Gasteiger partial charge in [-0.05, 0) is 31.9 Å². The Morgan fingerprint density at radius 2 is 1.69 bits per heavy atom. The number of hydrogen-bond acceptors (Lipinski definition) is 4. The third-order valence-electron chi connectivity index (χ3n) is 4.22. The summed E-state index contributed by atoms with van der Waals surface area (Å²) in [6.07, 6.45) is 0. The zero-order valence-electron chi connectivity index (χ0n) is 15.4. The second-order valence-corrected chi connectivity index (χ2v) is 7.28. The van der Waals surface area contributed by atoms with Crippen molar-refractivity contribution in [1.82, 2.24) is 14.8 Å². The smallest absolute Gasteiger partial charge is 0.234 e. The van der Waals surface area contributed by atoms with Gasteiger partial charge >= 0.3 is 0 Å². The van der Waals surface area contributed by atoms with Crippen LogP contribution in [0.2, 0.25) is 0 Å². The van der Waals surface area contributed by atoms with E-state index in [-0.39, 0.29) is 11.7 Å². The Morgan fingerprint density at radius 1 is 1.04 bits per heavy atom. The fourth-order valence-electron chi connectivity index (χ4n) is 2.71. The van der Waals surface area contributed by atoms with Crippen LogP contribution in [-0.2, 0) is 11.8 Å². The summed E-state index contributed by atoms with van der Waals surface area (Å²) in [5, 5.41) is 12.2. The average molecular weight is 366 g/mol. The molecule has 1 amide bonds. The predicted molar refractivity (Wildman–Crippen MR) is 106 cm³/mol. The predicted octanol–water partition coefficient (Wildman–Crippen LogP) is 4.14. The van der Waals surface area contributed by atoms with E-state index >= 15 is 0 Å². The molecule has 0 aliphatic heterocycles. The highest BCUT2D eigenvalue weighted by Crippen LogP contribution is 2.24. The Morgan fingerprint density at radius 3 is 2.35 bits per heavy atom. The lowest BCUT2D eigenvalue weighted by atomic mass is 10.1. The molecule has 0 saturated heterocycles. The zero-order valence-corrected chi connectivity index (χ0v) is 16.2. The number of anilines is 1. The first-order valence-electron chi connectivity index (χ1n) is 8.41. The molecule has 3 aromatic rings. The molecule has 5 nitrogen and oxygen atoms in total. The van der Waals surface area contributed by atoms with Crippen LogP contribution in [0.3, 0.4) is 0 Å². The second-order valence-electron chi connectivity index (χ2n) is 6.33. The summed E-state index contributed by atoms with van der Waals surface area (Å²) < 4.78 is 1.92. The van der Waals surface area contributed by atoms with E-state index in [4.69, 9.17) is 0 Å². The Bertz CT molecular complexity index is 911. The van der Waals surface area contributed by atoms with Crippen molar-refractivity contribution < 1.29 is 4.79 Å². The standard InChI is InChI=1S/C20H22N4OS/c1-13-8-10-16(11-9-13)19-22-23-20(24(19)4)26-12-17(25)21-18-14(2)6-5-7-15(18)3/h5-11H,12H2,1-4H3,(H,21,25). The lowest BCUT2D eigenvalue weighted by Crippen LogP contribution is -2.16. The van der Waals surface area contributed by atoms with E-state index in [2.05, 4.69) is 34.6 Å². The van der Waals surface area contributed by atoms with Gasteiger partial charge in [0.25, 0.3) is 0 Å². The van der Waals surface area contributed by atoms with Gasteiger partial charge in [-0.15, -0.1) is 10.2 Å². The van der Waals surface area contributed by atoms with Gasteiger partial charge in [-0.2, -0.15) is 0 Å². The van der Waals surface area contributed by atoms with Gasteiger partial charge in [-0.3, -0.25) is 4.79 Å². The van der Waals surface area contributed by atoms with Crippen molar-refractivity contribution in [2.75, 3.05) is 11.1 Å². The summed E-state index contributed by atoms with van der Waals surface area (Å²) >= 11 is 1.38. The number of thioether (sulfide) groups is 1. The van der Waals surface area contributed by atoms with Crippen LogP contribution in [-0.4, -0.2) is 26.4 Å². The number of nitrogens with zero attached hydrogens (tertiary/aromatic N) is 3. The highest BCUT2D eigenvalue weighted by atomic mass is 32.2. The minimum absolute atomic E-state index is 0.0488. The van der Waals surface area contributed by atoms with E-state index in [1.807, 2.05) is 55.8 Å². The molecule has 1 aromatic heterocycles. The van der Waals surface area contributed by atoms with Crippen LogP contribution in [0, 0.1) is 20.8 Å². The number of para-hydroxylation sites is 1. The number of benzene rings is 2. The van der Waals surface area contributed by atoms with E-state index in [0.29, 0.717) is 0 Å². The average Bonchev–Trinajstić information content (AvgIpc) is 2.98. The summed E-state index contributed by atoms with van der Waals surface area (Å²) in [4.78, 5) is 12.3. The maximum absolute atomic E-state index is 12.3. The zero-order chi connectivity index (χ0) is 18.7. The molecule has 6 heteroatoms. The maximum Gasteiger partial charge on any atom is 0.234 e. The van der Waals surface area contributed by atoms with Gasteiger partial charge < -0.3 is 9.88 Å². The largest absolute Gasteiger partial charge is 0.325 e. The molecular weight excluding hydrogens is 344 g/mol. The Hall–Kier alpha value is -2.60. The lowest BCUT2D eigenvalue weighted by Gasteiger charge is -2.11. The SMILES string of the molecule is Cc1ccc(-c2nnc(SCC(=O)Nc3c(C)cccc3C)n2C)cc1. The summed E-state index contributed by atoms with van der Waals surface area (Å²) in [6.45, 7) is 6.04. The Labute approximate surface area is 157 Å². The molecule has 1 heterocycles. The van der Waals surface area contributed by atoms with Crippen LogP contribution >= 0.6 is 11.8 Å². The van der Waals surface area contributed by atoms with Crippen LogP contribution in [0.15, 0.2) is 47.6 Å². The molecule has 0 fully saturated rings. The first-order chi connectivity index (χ1) is 12.5. The number of rotatable bonds is 5. The molecular formula is C20H22N4OS. The number of hydrogen-bond donors (Lipinski definition) is 1. The van der Waals surface area contributed by atoms with Crippen LogP contribution in [0.4, 0.5) is 5.69 Å². The number of carbonyl (C=O) groups excluding carboxylic acids is 1. The highest BCUT2D eigenvalue weighted by molar-refractivity contribution is 7.99. The number of carbonyl (C=O) groups is 1. The van der Waals surface area contributed by atoms with E-state index < -0.39 is 0 Å². The number of aromatic nitrogens is 3. The molecule has 0 aliphatic carbocycles. The molecule has 2 aromatic carbocycles. The molecule has 0 unspecified atom stereocenters. The van der Waals surface area contributed by atoms with Crippen molar-refractivity contribution >= 4 is 23.4 Å². The molecule has 0 aliphatic rings. The first-order valence-corrected chi connectivity index (χ1v) is 9.39. The molecule has 0 spiro atoms. The van der Waals surface area contributed by atoms with E-state index in [0.717, 1.165) is 33.4 Å². The van der Waals surface area contributed by atoms with Crippen molar-refractivity contribution in [2.45, 2.75) is 25.9 Å². The van der Waals surface area contributed by atoms with Gasteiger partial charge in [0.15, 0.2) is 11.0 Å². The number of aryl methyl sites for hydroxylation is 3. The van der Waals surface area contributed by atoms with Gasteiger partial charge in [0, 0.05) is 18.3 Å². The van der Waals surface area contributed by atoms with Gasteiger partial charge in [0.2, 0.25) is 5.91 Å². The van der Waals surface area contributed by atoms with Crippen molar-refractivity contribution in [2.24, 2.45) is 7.05 Å². The van der Waals surface area contributed by atoms with Crippen molar-refractivity contribution in [3.05, 3.63) is 59.2 Å². The van der Waals surface area contributed by atoms with Crippen LogP contribution < -0.4 is 5.32 Å². The van der Waals surface area contributed by atoms with E-state index in [1.54, 1.807) is 0 Å². The third-order valence-corrected chi connectivity index (χ3v) is 5.24. The molecule has 26 heavy (non-hydrogen) atoms. The van der Waals surface area contributed by atoms with E-state index in [9.17, 15) is 4.79 Å². The summed E-state index contributed by atoms with van der Waals surface area (Å²) in [5.41, 5.74) is 5.22. The van der Waals surface area contributed by atoms with Crippen LogP contribution in [0.25, 0.3) is 11.4 Å². The van der Waals surface area contributed by atoms with Gasteiger partial charge in [0.1, 0.15) is 0 Å². The Balaban J connectivity index is 1.67. The van der Waals surface area contributed by atoms with Crippen molar-refractivity contribution in [1.29, 1.82) is 0 Å². The second kappa shape index (κ2) is 7.74. The minimum Gasteiger partial charge on any atom is -0.325 e. The highest BCUT2D eigenvalue weighted by Gasteiger charge is 2.14. The third kappa shape index (κ3) is 3.96. The first kappa shape index (κ1) is 18.2. The fourth-order valence-corrected chi connectivity index (χ4v) is 3.42. The quantitative estimate of drug-likeness (QED) is 0.690. The lowest BCUT2D eigenvalue weighted by molar-refractivity contribution is -0.113. The minimum atomic E-state index is -0.0488. The normalized spacial score (nSPS) is 10.8. The molecule has 0 saturated carbocycles. The summed E-state index contributed by atoms with van der Waals surface area (Å²) in [5.74, 6) is 1.03. The molecule has 0 atom stereocenters. The van der Waals surface area contributed by atoms with Crippen LogP contribution in [0.5, 0.6) is 0 Å². The Kier molecular flexibility index (Phi) is 5.42. The molecule has 134 valence electrons. The van der Waals surface area contributed by atoms with Crippen molar-refractivity contribution in [3.63, 3.8) is 0 Å². The number of nitrogens with one attached hydrogen (secondary N) is 1. The monoisotopic (exact) mass is 366 g/mol. The fraction of sp³-hybridized carbons (Fsp3) is 0.250. The molecule has 0 radical (unpaired) electrons.